The predicted octanol–water partition coefficient (Wildman–Crippen LogP) is 4.65. The van der Waals surface area contributed by atoms with Crippen LogP contribution in [-0.4, -0.2) is 16.8 Å². The number of carbonyl (C=O) groups is 2. The van der Waals surface area contributed by atoms with Gasteiger partial charge in [-0.15, -0.1) is 0 Å². The number of rotatable bonds is 5. The maximum absolute atomic E-state index is 12.7. The summed E-state index contributed by atoms with van der Waals surface area (Å²) in [6.45, 7) is 5.23. The molecule has 1 aromatic carbocycles. The second-order valence-corrected chi connectivity index (χ2v) is 6.50. The Morgan fingerprint density at radius 2 is 1.56 bits per heavy atom. The number of nitrogens with one attached hydrogen (secondary N) is 2. The summed E-state index contributed by atoms with van der Waals surface area (Å²) in [4.78, 5) is 27.5. The lowest BCUT2D eigenvalue weighted by atomic mass is 10.1. The molecule has 144 valence electrons. The molecule has 8 heteroatoms. The fraction of sp³-hybridized carbons (Fsp3) is 0.316. The highest BCUT2D eigenvalue weighted by molar-refractivity contribution is 6.05. The van der Waals surface area contributed by atoms with Crippen molar-refractivity contribution in [2.45, 2.75) is 33.4 Å². The molecule has 0 bridgehead atoms. The fourth-order valence-electron chi connectivity index (χ4n) is 2.38. The molecule has 1 heterocycles. The largest absolute Gasteiger partial charge is 0.433 e. The van der Waals surface area contributed by atoms with E-state index in [1.807, 2.05) is 13.8 Å². The van der Waals surface area contributed by atoms with Gasteiger partial charge in [-0.1, -0.05) is 13.8 Å². The van der Waals surface area contributed by atoms with E-state index in [2.05, 4.69) is 15.6 Å². The van der Waals surface area contributed by atoms with Crippen LogP contribution in [0.2, 0.25) is 0 Å². The molecule has 0 unspecified atom stereocenters. The smallest absolute Gasteiger partial charge is 0.326 e. The van der Waals surface area contributed by atoms with Gasteiger partial charge in [0.1, 0.15) is 5.69 Å². The zero-order valence-corrected chi connectivity index (χ0v) is 15.1. The van der Waals surface area contributed by atoms with Gasteiger partial charge in [-0.3, -0.25) is 9.59 Å². The molecule has 0 spiro atoms. The third-order valence-electron chi connectivity index (χ3n) is 3.64. The number of anilines is 2. The van der Waals surface area contributed by atoms with Gasteiger partial charge in [-0.05, 0) is 49.2 Å². The lowest BCUT2D eigenvalue weighted by Crippen LogP contribution is -2.17. The van der Waals surface area contributed by atoms with Crippen LogP contribution >= 0.6 is 0 Å². The van der Waals surface area contributed by atoms with Gasteiger partial charge in [0, 0.05) is 17.8 Å². The van der Waals surface area contributed by atoms with E-state index in [9.17, 15) is 22.8 Å². The minimum absolute atomic E-state index is 0.0140. The van der Waals surface area contributed by atoms with E-state index < -0.39 is 17.8 Å². The first-order valence-electron chi connectivity index (χ1n) is 8.32. The number of pyridine rings is 1. The Bertz CT molecular complexity index is 831. The molecule has 27 heavy (non-hydrogen) atoms. The van der Waals surface area contributed by atoms with Crippen LogP contribution in [0, 0.1) is 12.8 Å². The number of nitrogens with zero attached hydrogens (tertiary/aromatic N) is 1. The molecule has 2 amide bonds. The number of hydrogen-bond donors (Lipinski definition) is 2. The summed E-state index contributed by atoms with van der Waals surface area (Å²) in [5, 5.41) is 5.34. The van der Waals surface area contributed by atoms with Crippen molar-refractivity contribution in [3.05, 3.63) is 53.3 Å². The first-order chi connectivity index (χ1) is 12.6. The maximum Gasteiger partial charge on any atom is 0.433 e. The number of amides is 2. The second-order valence-electron chi connectivity index (χ2n) is 6.50. The number of carbonyl (C=O) groups excluding carboxylic acids is 2. The number of aromatic nitrogens is 1. The molecule has 0 radical (unpaired) electrons. The summed E-state index contributed by atoms with van der Waals surface area (Å²) < 4.78 is 38.0. The molecule has 0 fully saturated rings. The molecule has 2 aromatic rings. The Labute approximate surface area is 155 Å². The van der Waals surface area contributed by atoms with Crippen LogP contribution in [0.5, 0.6) is 0 Å². The Kier molecular flexibility index (Phi) is 6.20. The van der Waals surface area contributed by atoms with Gasteiger partial charge in [-0.25, -0.2) is 4.98 Å². The van der Waals surface area contributed by atoms with Gasteiger partial charge >= 0.3 is 6.18 Å². The molecular weight excluding hydrogens is 359 g/mol. The van der Waals surface area contributed by atoms with Crippen LogP contribution in [-0.2, 0) is 11.0 Å². The highest BCUT2D eigenvalue weighted by Crippen LogP contribution is 2.28. The lowest BCUT2D eigenvalue weighted by Gasteiger charge is -2.11. The average Bonchev–Trinajstić information content (AvgIpc) is 2.54. The third-order valence-corrected chi connectivity index (χ3v) is 3.64. The Balaban J connectivity index is 2.05. The van der Waals surface area contributed by atoms with Gasteiger partial charge in [0.25, 0.3) is 5.91 Å². The van der Waals surface area contributed by atoms with E-state index in [-0.39, 0.29) is 23.1 Å². The van der Waals surface area contributed by atoms with Crippen molar-refractivity contribution in [1.29, 1.82) is 0 Å². The van der Waals surface area contributed by atoms with Gasteiger partial charge in [0.05, 0.1) is 11.3 Å². The summed E-state index contributed by atoms with van der Waals surface area (Å²) in [5.74, 6) is -0.428. The quantitative estimate of drug-likeness (QED) is 0.795. The van der Waals surface area contributed by atoms with Crippen LogP contribution in [0.15, 0.2) is 36.4 Å². The number of alkyl halides is 3. The monoisotopic (exact) mass is 379 g/mol. The van der Waals surface area contributed by atoms with Crippen LogP contribution in [0.3, 0.4) is 0 Å². The average molecular weight is 379 g/mol. The standard InChI is InChI=1S/C19H20F3N3O2/c1-11(2)10-17(26)24-13-4-6-14(7-5-13)25-18(27)15-8-9-16(19(20,21)22)23-12(15)3/h4-9,11H,10H2,1-3H3,(H,24,26)(H,25,27). The predicted molar refractivity (Wildman–Crippen MR) is 96.5 cm³/mol. The van der Waals surface area contributed by atoms with Crippen molar-refractivity contribution in [1.82, 2.24) is 4.98 Å². The molecular formula is C19H20F3N3O2. The first kappa shape index (κ1) is 20.4. The van der Waals surface area contributed by atoms with Crippen molar-refractivity contribution in [2.75, 3.05) is 10.6 Å². The van der Waals surface area contributed by atoms with E-state index >= 15 is 0 Å². The van der Waals surface area contributed by atoms with E-state index in [1.165, 1.54) is 6.92 Å². The summed E-state index contributed by atoms with van der Waals surface area (Å²) in [7, 11) is 0. The molecule has 5 nitrogen and oxygen atoms in total. The molecule has 0 atom stereocenters. The van der Waals surface area contributed by atoms with E-state index in [4.69, 9.17) is 0 Å². The molecule has 2 rings (SSSR count). The maximum atomic E-state index is 12.7. The van der Waals surface area contributed by atoms with Crippen molar-refractivity contribution in [3.63, 3.8) is 0 Å². The molecule has 1 aromatic heterocycles. The van der Waals surface area contributed by atoms with Gasteiger partial charge in [0.15, 0.2) is 0 Å². The Morgan fingerprint density at radius 1 is 1.00 bits per heavy atom. The lowest BCUT2D eigenvalue weighted by molar-refractivity contribution is -0.141. The molecule has 0 aliphatic carbocycles. The zero-order chi connectivity index (χ0) is 20.2. The van der Waals surface area contributed by atoms with Crippen molar-refractivity contribution in [3.8, 4) is 0 Å². The molecule has 0 saturated carbocycles. The molecule has 0 saturated heterocycles. The summed E-state index contributed by atoms with van der Waals surface area (Å²) in [6, 6.07) is 8.32. The normalized spacial score (nSPS) is 11.4. The third kappa shape index (κ3) is 5.80. The van der Waals surface area contributed by atoms with Gasteiger partial charge < -0.3 is 10.6 Å². The first-order valence-corrected chi connectivity index (χ1v) is 8.32. The van der Waals surface area contributed by atoms with Crippen LogP contribution < -0.4 is 10.6 Å². The fourth-order valence-corrected chi connectivity index (χ4v) is 2.38. The van der Waals surface area contributed by atoms with Crippen molar-refractivity contribution in [2.24, 2.45) is 5.92 Å². The van der Waals surface area contributed by atoms with Crippen LogP contribution in [0.1, 0.15) is 42.0 Å². The van der Waals surface area contributed by atoms with Crippen LogP contribution in [0.4, 0.5) is 24.5 Å². The topological polar surface area (TPSA) is 71.1 Å². The summed E-state index contributed by atoms with van der Waals surface area (Å²) in [6.07, 6.45) is -4.16. The number of hydrogen-bond acceptors (Lipinski definition) is 3. The minimum atomic E-state index is -4.56. The number of halogens is 3. The summed E-state index contributed by atoms with van der Waals surface area (Å²) in [5.41, 5.74) is 0.0300. The highest BCUT2D eigenvalue weighted by Gasteiger charge is 2.33. The molecule has 0 aliphatic heterocycles. The Hall–Kier alpha value is -2.90. The minimum Gasteiger partial charge on any atom is -0.326 e. The second kappa shape index (κ2) is 8.20. The summed E-state index contributed by atoms with van der Waals surface area (Å²) >= 11 is 0. The van der Waals surface area contributed by atoms with E-state index in [0.29, 0.717) is 17.8 Å². The van der Waals surface area contributed by atoms with E-state index in [0.717, 1.165) is 12.1 Å². The van der Waals surface area contributed by atoms with Gasteiger partial charge in [-0.2, -0.15) is 13.2 Å². The van der Waals surface area contributed by atoms with E-state index in [1.54, 1.807) is 24.3 Å². The zero-order valence-electron chi connectivity index (χ0n) is 15.1. The SMILES string of the molecule is Cc1nc(C(F)(F)F)ccc1C(=O)Nc1ccc(NC(=O)CC(C)C)cc1. The highest BCUT2D eigenvalue weighted by atomic mass is 19.4. The number of benzene rings is 1. The van der Waals surface area contributed by atoms with Crippen LogP contribution in [0.25, 0.3) is 0 Å². The van der Waals surface area contributed by atoms with Gasteiger partial charge in [0.2, 0.25) is 5.91 Å². The molecule has 0 aliphatic rings. The Morgan fingerprint density at radius 3 is 2.04 bits per heavy atom. The number of aryl methyl sites for hydroxylation is 1. The van der Waals surface area contributed by atoms with Crippen molar-refractivity contribution < 1.29 is 22.8 Å². The molecule has 2 N–H and O–H groups in total. The van der Waals surface area contributed by atoms with Crippen molar-refractivity contribution >= 4 is 23.2 Å².